The zero-order valence-electron chi connectivity index (χ0n) is 16.6. The van der Waals surface area contributed by atoms with Crippen molar-refractivity contribution >= 4 is 23.2 Å². The molecule has 6 nitrogen and oxygen atoms in total. The fourth-order valence-electron chi connectivity index (χ4n) is 2.13. The number of hydrogen-bond donors (Lipinski definition) is 0. The van der Waals surface area contributed by atoms with Crippen molar-refractivity contribution < 1.29 is 9.59 Å². The fourth-order valence-corrected chi connectivity index (χ4v) is 2.13. The lowest BCUT2D eigenvalue weighted by Gasteiger charge is -2.23. The van der Waals surface area contributed by atoms with Gasteiger partial charge >= 0.3 is 0 Å². The average Bonchev–Trinajstić information content (AvgIpc) is 2.45. The molecular weight excluding hydrogens is 304 g/mol. The number of nitrogens with zero attached hydrogens (tertiary/aromatic N) is 4. The summed E-state index contributed by atoms with van der Waals surface area (Å²) in [5.74, 6) is 0.00331. The molecule has 0 saturated carbocycles. The average molecular weight is 338 g/mol. The first-order chi connectivity index (χ1) is 11.1. The van der Waals surface area contributed by atoms with Gasteiger partial charge in [-0.05, 0) is 68.2 Å². The van der Waals surface area contributed by atoms with Gasteiger partial charge in [0, 0.05) is 36.3 Å². The van der Waals surface area contributed by atoms with Crippen LogP contribution in [0.5, 0.6) is 0 Å². The van der Waals surface area contributed by atoms with Crippen LogP contribution in [0, 0.1) is 0 Å². The van der Waals surface area contributed by atoms with E-state index < -0.39 is 0 Å². The predicted octanol–water partition coefficient (Wildman–Crippen LogP) is 3.81. The Labute approximate surface area is 147 Å². The quantitative estimate of drug-likeness (QED) is 0.364. The molecule has 0 atom stereocenters. The van der Waals surface area contributed by atoms with Crippen molar-refractivity contribution in [2.24, 2.45) is 10.2 Å². The molecule has 0 saturated heterocycles. The maximum atomic E-state index is 12.3. The highest BCUT2D eigenvalue weighted by Crippen LogP contribution is 2.11. The molecule has 2 amide bonds. The summed E-state index contributed by atoms with van der Waals surface area (Å²) in [5.41, 5.74) is 1.71. The minimum Gasteiger partial charge on any atom is -0.273 e. The van der Waals surface area contributed by atoms with Gasteiger partial charge in [0.1, 0.15) is 0 Å². The van der Waals surface area contributed by atoms with Gasteiger partial charge in [-0.15, -0.1) is 0 Å². The maximum absolute atomic E-state index is 12.3. The summed E-state index contributed by atoms with van der Waals surface area (Å²) < 4.78 is 0. The molecule has 0 rings (SSSR count). The van der Waals surface area contributed by atoms with Gasteiger partial charge in [-0.1, -0.05) is 0 Å². The van der Waals surface area contributed by atoms with Gasteiger partial charge in [0.25, 0.3) is 0 Å². The Morgan fingerprint density at radius 2 is 1.00 bits per heavy atom. The first kappa shape index (κ1) is 22.3. The first-order valence-corrected chi connectivity index (χ1v) is 8.74. The molecule has 0 aliphatic heterocycles. The summed E-state index contributed by atoms with van der Waals surface area (Å²) in [6.07, 6.45) is 2.15. The number of amides is 2. The Hall–Kier alpha value is -1.72. The monoisotopic (exact) mass is 338 g/mol. The lowest BCUT2D eigenvalue weighted by molar-refractivity contribution is -0.135. The number of unbranched alkanes of at least 4 members (excludes halogenated alkanes) is 1. The Morgan fingerprint density at radius 3 is 1.21 bits per heavy atom. The van der Waals surface area contributed by atoms with Gasteiger partial charge in [0.15, 0.2) is 0 Å². The molecule has 0 aliphatic carbocycles. The van der Waals surface area contributed by atoms with Gasteiger partial charge < -0.3 is 0 Å². The van der Waals surface area contributed by atoms with Crippen molar-refractivity contribution in [2.45, 2.75) is 93.2 Å². The molecule has 0 aromatic heterocycles. The van der Waals surface area contributed by atoms with E-state index in [1.54, 1.807) is 0 Å². The molecule has 0 spiro atoms. The zero-order valence-corrected chi connectivity index (χ0v) is 16.6. The predicted molar refractivity (Wildman–Crippen MR) is 100.0 cm³/mol. The van der Waals surface area contributed by atoms with Crippen LogP contribution in [-0.2, 0) is 9.59 Å². The first-order valence-electron chi connectivity index (χ1n) is 8.74. The molecule has 0 aromatic carbocycles. The van der Waals surface area contributed by atoms with Crippen LogP contribution in [0.2, 0.25) is 0 Å². The maximum Gasteiger partial charge on any atom is 0.242 e. The van der Waals surface area contributed by atoms with Crippen LogP contribution < -0.4 is 0 Å². The molecule has 24 heavy (non-hydrogen) atoms. The number of hydrazone groups is 2. The summed E-state index contributed by atoms with van der Waals surface area (Å²) in [4.78, 5) is 24.5. The van der Waals surface area contributed by atoms with Crippen LogP contribution in [0.4, 0.5) is 0 Å². The smallest absolute Gasteiger partial charge is 0.242 e. The molecule has 0 fully saturated rings. The van der Waals surface area contributed by atoms with Crippen LogP contribution >= 0.6 is 0 Å². The summed E-state index contributed by atoms with van der Waals surface area (Å²) in [6, 6.07) is 0.0691. The largest absolute Gasteiger partial charge is 0.273 e. The van der Waals surface area contributed by atoms with Gasteiger partial charge in [0.2, 0.25) is 11.8 Å². The summed E-state index contributed by atoms with van der Waals surface area (Å²) in [7, 11) is 0. The second kappa shape index (κ2) is 10.9. The normalized spacial score (nSPS) is 10.6. The van der Waals surface area contributed by atoms with Gasteiger partial charge in [-0.2, -0.15) is 10.2 Å². The minimum absolute atomic E-state index is 0.00166. The van der Waals surface area contributed by atoms with Crippen molar-refractivity contribution in [3.8, 4) is 0 Å². The lowest BCUT2D eigenvalue weighted by Crippen LogP contribution is -2.33. The second-order valence-electron chi connectivity index (χ2n) is 6.97. The molecule has 0 N–H and O–H groups in total. The van der Waals surface area contributed by atoms with Crippen molar-refractivity contribution in [2.75, 3.05) is 0 Å². The van der Waals surface area contributed by atoms with E-state index in [0.29, 0.717) is 25.7 Å². The number of carbonyl (C=O) groups excluding carboxylic acids is 2. The van der Waals surface area contributed by atoms with Crippen LogP contribution in [0.15, 0.2) is 10.2 Å². The van der Waals surface area contributed by atoms with Crippen LogP contribution in [0.1, 0.15) is 81.1 Å². The SMILES string of the molecule is CC(C)=NN(C(=O)CCCCC(=O)N(N=C(C)C)C(C)C)C(C)C. The topological polar surface area (TPSA) is 65.3 Å². The van der Waals surface area contributed by atoms with Crippen LogP contribution in [-0.4, -0.2) is 45.3 Å². The number of rotatable bonds is 9. The van der Waals surface area contributed by atoms with Crippen molar-refractivity contribution in [3.63, 3.8) is 0 Å². The molecule has 0 radical (unpaired) electrons. The van der Waals surface area contributed by atoms with E-state index in [0.717, 1.165) is 11.4 Å². The highest BCUT2D eigenvalue weighted by Gasteiger charge is 2.18. The minimum atomic E-state index is 0.00166. The second-order valence-corrected chi connectivity index (χ2v) is 6.97. The Balaban J connectivity index is 4.46. The highest BCUT2D eigenvalue weighted by molar-refractivity contribution is 5.83. The van der Waals surface area contributed by atoms with E-state index in [9.17, 15) is 9.59 Å². The third-order valence-electron chi connectivity index (χ3n) is 3.14. The molecule has 6 heteroatoms. The van der Waals surface area contributed by atoms with E-state index >= 15 is 0 Å². The Morgan fingerprint density at radius 1 is 0.708 bits per heavy atom. The van der Waals surface area contributed by atoms with E-state index in [2.05, 4.69) is 10.2 Å². The molecular formula is C18H34N4O2. The van der Waals surface area contributed by atoms with Crippen LogP contribution in [0.3, 0.4) is 0 Å². The molecule has 0 heterocycles. The molecule has 0 aliphatic rings. The van der Waals surface area contributed by atoms with E-state index in [4.69, 9.17) is 0 Å². The van der Waals surface area contributed by atoms with Crippen LogP contribution in [0.25, 0.3) is 0 Å². The summed E-state index contributed by atoms with van der Waals surface area (Å²) >= 11 is 0. The molecule has 0 unspecified atom stereocenters. The summed E-state index contributed by atoms with van der Waals surface area (Å²) in [5, 5.41) is 11.6. The van der Waals surface area contributed by atoms with Gasteiger partial charge in [-0.3, -0.25) is 9.59 Å². The van der Waals surface area contributed by atoms with Crippen molar-refractivity contribution in [3.05, 3.63) is 0 Å². The van der Waals surface area contributed by atoms with E-state index in [-0.39, 0.29) is 23.9 Å². The third-order valence-corrected chi connectivity index (χ3v) is 3.14. The third kappa shape index (κ3) is 8.79. The summed E-state index contributed by atoms with van der Waals surface area (Å²) in [6.45, 7) is 15.3. The fraction of sp³-hybridized carbons (Fsp3) is 0.778. The standard InChI is InChI=1S/C18H34N4O2/c1-13(2)19-21(15(5)6)17(23)11-9-10-12-18(24)22(16(7)8)20-14(3)4/h15-16H,9-12H2,1-8H3. The molecule has 0 aromatic rings. The van der Waals surface area contributed by atoms with Crippen molar-refractivity contribution in [1.82, 2.24) is 10.0 Å². The molecule has 138 valence electrons. The Kier molecular flexibility index (Phi) is 10.2. The lowest BCUT2D eigenvalue weighted by atomic mass is 10.1. The van der Waals surface area contributed by atoms with Crippen molar-refractivity contribution in [1.29, 1.82) is 0 Å². The number of carbonyl (C=O) groups is 2. The van der Waals surface area contributed by atoms with Gasteiger partial charge in [-0.25, -0.2) is 10.0 Å². The Bertz CT molecular complexity index is 429. The highest BCUT2D eigenvalue weighted by atomic mass is 16.2. The zero-order chi connectivity index (χ0) is 18.9. The molecule has 0 bridgehead atoms. The van der Waals surface area contributed by atoms with E-state index in [1.807, 2.05) is 55.4 Å². The van der Waals surface area contributed by atoms with E-state index in [1.165, 1.54) is 10.0 Å². The van der Waals surface area contributed by atoms with Gasteiger partial charge in [0.05, 0.1) is 0 Å². The number of hydrogen-bond acceptors (Lipinski definition) is 4.